The molecule has 1 nitrogen and oxygen atoms in total. The smallest absolute Gasteiger partial charge is 0.0734 e. The molecule has 3 rings (SSSR count). The molecule has 0 amide bonds. The maximum Gasteiger partial charge on any atom is 0.0734 e. The fraction of sp³-hybridized carbons (Fsp3) is 0.353. The van der Waals surface area contributed by atoms with E-state index in [0.717, 1.165) is 11.6 Å². The number of aromatic nitrogens is 1. The molecule has 1 saturated carbocycles. The first kappa shape index (κ1) is 11.5. The third kappa shape index (κ3) is 1.66. The largest absolute Gasteiger partial charge is 0.256 e. The van der Waals surface area contributed by atoms with E-state index in [-0.39, 0.29) is 0 Å². The van der Waals surface area contributed by atoms with E-state index in [1.165, 1.54) is 23.1 Å². The van der Waals surface area contributed by atoms with E-state index in [4.69, 9.17) is 0 Å². The zero-order valence-electron chi connectivity index (χ0n) is 11.3. The average molecular weight is 237 g/mol. The van der Waals surface area contributed by atoms with E-state index >= 15 is 0 Å². The van der Waals surface area contributed by atoms with Gasteiger partial charge in [-0.2, -0.15) is 0 Å². The van der Waals surface area contributed by atoms with Crippen molar-refractivity contribution in [2.45, 2.75) is 32.6 Å². The molecule has 1 aromatic carbocycles. The summed E-state index contributed by atoms with van der Waals surface area (Å²) in [5.74, 6) is 0.780. The molecule has 2 aromatic rings. The molecule has 0 N–H and O–H groups in total. The second kappa shape index (κ2) is 3.94. The molecule has 1 fully saturated rings. The number of benzene rings is 1. The molecule has 1 aliphatic rings. The Labute approximate surface area is 109 Å². The maximum atomic E-state index is 4.58. The molecule has 0 spiro atoms. The van der Waals surface area contributed by atoms with Crippen LogP contribution in [0.3, 0.4) is 0 Å². The quantitative estimate of drug-likeness (QED) is 0.756. The van der Waals surface area contributed by atoms with Crippen LogP contribution in [0.1, 0.15) is 31.4 Å². The molecule has 1 heterocycles. The molecular formula is C17H19N. The maximum absolute atomic E-state index is 4.58. The van der Waals surface area contributed by atoms with Crippen molar-refractivity contribution in [3.8, 4) is 11.3 Å². The van der Waals surface area contributed by atoms with Gasteiger partial charge in [0.25, 0.3) is 0 Å². The number of aryl methyl sites for hydroxylation is 1. The summed E-state index contributed by atoms with van der Waals surface area (Å²) >= 11 is 0. The monoisotopic (exact) mass is 237 g/mol. The van der Waals surface area contributed by atoms with E-state index in [1.54, 1.807) is 0 Å². The van der Waals surface area contributed by atoms with E-state index in [2.05, 4.69) is 56.1 Å². The van der Waals surface area contributed by atoms with Gasteiger partial charge in [-0.15, -0.1) is 0 Å². The lowest BCUT2D eigenvalue weighted by atomic mass is 9.89. The van der Waals surface area contributed by atoms with Crippen LogP contribution in [0.4, 0.5) is 0 Å². The molecule has 0 radical (unpaired) electrons. The average Bonchev–Trinajstić information content (AvgIpc) is 2.99. The lowest BCUT2D eigenvalue weighted by Crippen LogP contribution is -2.06. The summed E-state index contributed by atoms with van der Waals surface area (Å²) in [7, 11) is 0. The van der Waals surface area contributed by atoms with Gasteiger partial charge in [0.15, 0.2) is 0 Å². The van der Waals surface area contributed by atoms with Crippen LogP contribution in [0, 0.1) is 12.8 Å². The highest BCUT2D eigenvalue weighted by atomic mass is 14.7. The molecule has 0 saturated heterocycles. The van der Waals surface area contributed by atoms with Crippen LogP contribution in [0.15, 0.2) is 42.6 Å². The molecule has 1 heteroatoms. The third-order valence-corrected chi connectivity index (χ3v) is 4.46. The molecular weight excluding hydrogens is 218 g/mol. The van der Waals surface area contributed by atoms with E-state index in [0.29, 0.717) is 5.41 Å². The highest BCUT2D eigenvalue weighted by Crippen LogP contribution is 2.55. The zero-order valence-corrected chi connectivity index (χ0v) is 11.3. The van der Waals surface area contributed by atoms with Gasteiger partial charge in [0.05, 0.1) is 5.69 Å². The predicted molar refractivity (Wildman–Crippen MR) is 75.5 cm³/mol. The Kier molecular flexibility index (Phi) is 2.51. The second-order valence-electron chi connectivity index (χ2n) is 5.74. The summed E-state index contributed by atoms with van der Waals surface area (Å²) in [6, 6.07) is 12.9. The first-order valence-corrected chi connectivity index (χ1v) is 6.64. The fourth-order valence-corrected chi connectivity index (χ4v) is 2.91. The first-order valence-electron chi connectivity index (χ1n) is 6.64. The Morgan fingerprint density at radius 3 is 2.56 bits per heavy atom. The molecule has 92 valence electrons. The van der Waals surface area contributed by atoms with Crippen molar-refractivity contribution in [1.82, 2.24) is 4.98 Å². The van der Waals surface area contributed by atoms with Crippen LogP contribution in [0.2, 0.25) is 0 Å². The van der Waals surface area contributed by atoms with Gasteiger partial charge in [0.1, 0.15) is 0 Å². The van der Waals surface area contributed by atoms with Crippen LogP contribution in [-0.2, 0) is 5.41 Å². The topological polar surface area (TPSA) is 12.9 Å². The minimum absolute atomic E-state index is 0.348. The molecule has 2 atom stereocenters. The highest BCUT2D eigenvalue weighted by molar-refractivity contribution is 5.69. The summed E-state index contributed by atoms with van der Waals surface area (Å²) in [6.07, 6.45) is 3.17. The van der Waals surface area contributed by atoms with Crippen LogP contribution in [-0.4, -0.2) is 4.98 Å². The number of rotatable bonds is 2. The Morgan fingerprint density at radius 2 is 1.89 bits per heavy atom. The van der Waals surface area contributed by atoms with E-state index < -0.39 is 0 Å². The van der Waals surface area contributed by atoms with Gasteiger partial charge in [-0.25, -0.2) is 0 Å². The van der Waals surface area contributed by atoms with Gasteiger partial charge >= 0.3 is 0 Å². The standard InChI is InChI=1S/C17H19N/c1-12-7-6-10-18-16(12)14-8-4-5-9-15(14)17(3)11-13(17)2/h4-10,13H,11H2,1-3H3/t13-,17?/m0/s1. The van der Waals surface area contributed by atoms with Gasteiger partial charge in [0, 0.05) is 11.8 Å². The van der Waals surface area contributed by atoms with Gasteiger partial charge in [0.2, 0.25) is 0 Å². The lowest BCUT2D eigenvalue weighted by Gasteiger charge is -2.17. The summed E-state index contributed by atoms with van der Waals surface area (Å²) in [5.41, 5.74) is 5.50. The number of hydrogen-bond donors (Lipinski definition) is 0. The van der Waals surface area contributed by atoms with E-state index in [1.807, 2.05) is 12.3 Å². The van der Waals surface area contributed by atoms with Crippen molar-refractivity contribution in [3.63, 3.8) is 0 Å². The summed E-state index contributed by atoms with van der Waals surface area (Å²) in [5, 5.41) is 0. The Morgan fingerprint density at radius 1 is 1.17 bits per heavy atom. The zero-order chi connectivity index (χ0) is 12.8. The SMILES string of the molecule is Cc1cccnc1-c1ccccc1C1(C)C[C@@H]1C. The van der Waals surface area contributed by atoms with Crippen LogP contribution < -0.4 is 0 Å². The highest BCUT2D eigenvalue weighted by Gasteiger charge is 2.48. The summed E-state index contributed by atoms with van der Waals surface area (Å²) < 4.78 is 0. The normalized spacial score (nSPS) is 26.1. The molecule has 0 bridgehead atoms. The molecule has 1 unspecified atom stereocenters. The first-order chi connectivity index (χ1) is 8.63. The van der Waals surface area contributed by atoms with Crippen molar-refractivity contribution in [3.05, 3.63) is 53.7 Å². The number of hydrogen-bond acceptors (Lipinski definition) is 1. The minimum Gasteiger partial charge on any atom is -0.256 e. The van der Waals surface area contributed by atoms with Gasteiger partial charge in [-0.3, -0.25) is 4.98 Å². The third-order valence-electron chi connectivity index (χ3n) is 4.46. The van der Waals surface area contributed by atoms with Crippen LogP contribution in [0.25, 0.3) is 11.3 Å². The predicted octanol–water partition coefficient (Wildman–Crippen LogP) is 4.35. The summed E-state index contributed by atoms with van der Waals surface area (Å²) in [4.78, 5) is 4.58. The van der Waals surface area contributed by atoms with Gasteiger partial charge < -0.3 is 0 Å². The second-order valence-corrected chi connectivity index (χ2v) is 5.74. The molecule has 0 aliphatic heterocycles. The Bertz CT molecular complexity index is 588. The van der Waals surface area contributed by atoms with Crippen molar-refractivity contribution in [2.75, 3.05) is 0 Å². The Balaban J connectivity index is 2.17. The molecule has 1 aliphatic carbocycles. The summed E-state index contributed by atoms with van der Waals surface area (Å²) in [6.45, 7) is 6.84. The number of pyridine rings is 1. The fourth-order valence-electron chi connectivity index (χ4n) is 2.91. The van der Waals surface area contributed by atoms with Crippen molar-refractivity contribution in [2.24, 2.45) is 5.92 Å². The molecule has 1 aromatic heterocycles. The van der Waals surface area contributed by atoms with Crippen molar-refractivity contribution >= 4 is 0 Å². The lowest BCUT2D eigenvalue weighted by molar-refractivity contribution is 0.703. The Hall–Kier alpha value is -1.63. The minimum atomic E-state index is 0.348. The molecule has 18 heavy (non-hydrogen) atoms. The van der Waals surface area contributed by atoms with Gasteiger partial charge in [-0.1, -0.05) is 44.2 Å². The van der Waals surface area contributed by atoms with Crippen LogP contribution >= 0.6 is 0 Å². The number of nitrogens with zero attached hydrogens (tertiary/aromatic N) is 1. The van der Waals surface area contributed by atoms with Crippen molar-refractivity contribution in [1.29, 1.82) is 0 Å². The van der Waals surface area contributed by atoms with Crippen molar-refractivity contribution < 1.29 is 0 Å². The van der Waals surface area contributed by atoms with Crippen LogP contribution in [0.5, 0.6) is 0 Å². The van der Waals surface area contributed by atoms with Gasteiger partial charge in [-0.05, 0) is 41.9 Å². The van der Waals surface area contributed by atoms with E-state index in [9.17, 15) is 0 Å².